The molecular formula is C20H21N5OS. The Morgan fingerprint density at radius 3 is 2.74 bits per heavy atom. The van der Waals surface area contributed by atoms with Gasteiger partial charge in [-0.25, -0.2) is 9.97 Å². The van der Waals surface area contributed by atoms with Gasteiger partial charge in [0.25, 0.3) is 0 Å². The van der Waals surface area contributed by atoms with E-state index < -0.39 is 0 Å². The molecule has 0 aliphatic carbocycles. The van der Waals surface area contributed by atoms with Crippen molar-refractivity contribution in [2.75, 3.05) is 36.8 Å². The summed E-state index contributed by atoms with van der Waals surface area (Å²) in [7, 11) is 0. The number of nitrogens with zero attached hydrogens (tertiary/aromatic N) is 5. The number of amides is 1. The summed E-state index contributed by atoms with van der Waals surface area (Å²) in [6, 6.07) is 10.2. The van der Waals surface area contributed by atoms with Crippen molar-refractivity contribution in [2.45, 2.75) is 11.9 Å². The predicted molar refractivity (Wildman–Crippen MR) is 108 cm³/mol. The minimum Gasteiger partial charge on any atom is -0.352 e. The Hall–Kier alpha value is -2.67. The quantitative estimate of drug-likeness (QED) is 0.650. The van der Waals surface area contributed by atoms with Gasteiger partial charge in [-0.3, -0.25) is 9.78 Å². The van der Waals surface area contributed by atoms with Gasteiger partial charge in [0, 0.05) is 44.0 Å². The predicted octanol–water partition coefficient (Wildman–Crippen LogP) is 2.77. The highest BCUT2D eigenvalue weighted by Gasteiger charge is 2.22. The summed E-state index contributed by atoms with van der Waals surface area (Å²) < 4.78 is 0. The van der Waals surface area contributed by atoms with Crippen LogP contribution in [0.25, 0.3) is 10.9 Å². The molecule has 138 valence electrons. The van der Waals surface area contributed by atoms with Gasteiger partial charge >= 0.3 is 0 Å². The molecule has 0 bridgehead atoms. The number of para-hydroxylation sites is 1. The second kappa shape index (κ2) is 7.92. The number of rotatable bonds is 4. The van der Waals surface area contributed by atoms with E-state index in [-0.39, 0.29) is 5.91 Å². The maximum Gasteiger partial charge on any atom is 0.233 e. The fourth-order valence-corrected chi connectivity index (χ4v) is 4.14. The third-order valence-electron chi connectivity index (χ3n) is 4.75. The molecule has 1 fully saturated rings. The lowest BCUT2D eigenvalue weighted by Gasteiger charge is -2.35. The SMILES string of the molecule is Cc1cc(SCC(=O)N2CCN(c3cnccn3)CC2)nc2ccccc12. The first-order chi connectivity index (χ1) is 13.2. The van der Waals surface area contributed by atoms with Gasteiger partial charge in [-0.1, -0.05) is 30.0 Å². The molecule has 1 amide bonds. The number of aromatic nitrogens is 3. The van der Waals surface area contributed by atoms with E-state index in [4.69, 9.17) is 0 Å². The number of hydrogen-bond donors (Lipinski definition) is 0. The summed E-state index contributed by atoms with van der Waals surface area (Å²) in [5.74, 6) is 1.44. The van der Waals surface area contributed by atoms with Gasteiger partial charge in [0.2, 0.25) is 5.91 Å². The van der Waals surface area contributed by atoms with E-state index in [0.29, 0.717) is 18.8 Å². The molecular weight excluding hydrogens is 358 g/mol. The van der Waals surface area contributed by atoms with Crippen molar-refractivity contribution in [2.24, 2.45) is 0 Å². The van der Waals surface area contributed by atoms with Crippen molar-refractivity contribution in [3.05, 3.63) is 54.5 Å². The zero-order valence-electron chi connectivity index (χ0n) is 15.2. The molecule has 0 spiro atoms. The van der Waals surface area contributed by atoms with E-state index in [9.17, 15) is 4.79 Å². The Balaban J connectivity index is 1.34. The molecule has 1 aromatic carbocycles. The van der Waals surface area contributed by atoms with Crippen molar-refractivity contribution in [1.82, 2.24) is 19.9 Å². The molecule has 7 heteroatoms. The highest BCUT2D eigenvalue weighted by atomic mass is 32.2. The first-order valence-corrected chi connectivity index (χ1v) is 9.97. The molecule has 27 heavy (non-hydrogen) atoms. The molecule has 0 saturated carbocycles. The fourth-order valence-electron chi connectivity index (χ4n) is 3.26. The lowest BCUT2D eigenvalue weighted by Crippen LogP contribution is -2.49. The average Bonchev–Trinajstić information content (AvgIpc) is 2.73. The standard InChI is InChI=1S/C20H21N5OS/c1-15-12-19(23-17-5-3-2-4-16(15)17)27-14-20(26)25-10-8-24(9-11-25)18-13-21-6-7-22-18/h2-7,12-13H,8-11,14H2,1H3. The number of benzene rings is 1. The zero-order chi connectivity index (χ0) is 18.6. The van der Waals surface area contributed by atoms with E-state index >= 15 is 0 Å². The van der Waals surface area contributed by atoms with E-state index in [1.165, 1.54) is 17.3 Å². The lowest BCUT2D eigenvalue weighted by molar-refractivity contribution is -0.128. The molecule has 6 nitrogen and oxygen atoms in total. The van der Waals surface area contributed by atoms with Crippen LogP contribution in [0, 0.1) is 6.92 Å². The van der Waals surface area contributed by atoms with Crippen molar-refractivity contribution in [1.29, 1.82) is 0 Å². The normalized spacial score (nSPS) is 14.6. The summed E-state index contributed by atoms with van der Waals surface area (Å²) >= 11 is 1.51. The number of anilines is 1. The fraction of sp³-hybridized carbons (Fsp3) is 0.300. The maximum absolute atomic E-state index is 12.6. The van der Waals surface area contributed by atoms with Crippen LogP contribution in [0.3, 0.4) is 0 Å². The Kier molecular flexibility index (Phi) is 5.20. The van der Waals surface area contributed by atoms with Crippen molar-refractivity contribution >= 4 is 34.4 Å². The molecule has 0 atom stereocenters. The highest BCUT2D eigenvalue weighted by molar-refractivity contribution is 7.99. The molecule has 3 aromatic rings. The van der Waals surface area contributed by atoms with Crippen LogP contribution in [0.15, 0.2) is 53.9 Å². The highest BCUT2D eigenvalue weighted by Crippen LogP contribution is 2.24. The third-order valence-corrected chi connectivity index (χ3v) is 5.65. The lowest BCUT2D eigenvalue weighted by atomic mass is 10.1. The Morgan fingerprint density at radius 1 is 1.15 bits per heavy atom. The Labute approximate surface area is 162 Å². The summed E-state index contributed by atoms with van der Waals surface area (Å²) in [6.45, 7) is 5.06. The maximum atomic E-state index is 12.6. The zero-order valence-corrected chi connectivity index (χ0v) is 16.0. The van der Waals surface area contributed by atoms with Crippen molar-refractivity contribution < 1.29 is 4.79 Å². The van der Waals surface area contributed by atoms with Gasteiger partial charge in [-0.05, 0) is 24.6 Å². The number of pyridine rings is 1. The number of piperazine rings is 1. The van der Waals surface area contributed by atoms with Crippen molar-refractivity contribution in [3.8, 4) is 0 Å². The average molecular weight is 379 g/mol. The topological polar surface area (TPSA) is 62.2 Å². The second-order valence-corrected chi connectivity index (χ2v) is 7.51. The van der Waals surface area contributed by atoms with Gasteiger partial charge in [0.05, 0.1) is 22.5 Å². The largest absolute Gasteiger partial charge is 0.352 e. The number of carbonyl (C=O) groups is 1. The van der Waals surface area contributed by atoms with Crippen molar-refractivity contribution in [3.63, 3.8) is 0 Å². The van der Waals surface area contributed by atoms with Crippen LogP contribution in [0.2, 0.25) is 0 Å². The van der Waals surface area contributed by atoms with Gasteiger partial charge in [0.15, 0.2) is 0 Å². The number of carbonyl (C=O) groups excluding carboxylic acids is 1. The smallest absolute Gasteiger partial charge is 0.233 e. The molecule has 0 unspecified atom stereocenters. The van der Waals surface area contributed by atoms with Crippen LogP contribution < -0.4 is 4.90 Å². The number of hydrogen-bond acceptors (Lipinski definition) is 6. The first kappa shape index (κ1) is 17.7. The Morgan fingerprint density at radius 2 is 1.96 bits per heavy atom. The van der Waals surface area contributed by atoms with Crippen LogP contribution in [0.1, 0.15) is 5.56 Å². The first-order valence-electron chi connectivity index (χ1n) is 8.98. The summed E-state index contributed by atoms with van der Waals surface area (Å²) in [6.07, 6.45) is 5.13. The second-order valence-electron chi connectivity index (χ2n) is 6.51. The van der Waals surface area contributed by atoms with Gasteiger partial charge in [-0.15, -0.1) is 0 Å². The summed E-state index contributed by atoms with van der Waals surface area (Å²) in [5.41, 5.74) is 2.16. The molecule has 2 aromatic heterocycles. The molecule has 1 aliphatic heterocycles. The molecule has 1 saturated heterocycles. The van der Waals surface area contributed by atoms with Crippen LogP contribution in [-0.4, -0.2) is 57.7 Å². The van der Waals surface area contributed by atoms with E-state index in [1.807, 2.05) is 23.1 Å². The Bertz CT molecular complexity index is 942. The monoisotopic (exact) mass is 379 g/mol. The summed E-state index contributed by atoms with van der Waals surface area (Å²) in [4.78, 5) is 29.8. The van der Waals surface area contributed by atoms with E-state index in [1.54, 1.807) is 18.6 Å². The number of thioether (sulfide) groups is 1. The van der Waals surface area contributed by atoms with E-state index in [0.717, 1.165) is 34.8 Å². The molecule has 3 heterocycles. The van der Waals surface area contributed by atoms with Gasteiger partial charge in [0.1, 0.15) is 5.82 Å². The molecule has 4 rings (SSSR count). The van der Waals surface area contributed by atoms with E-state index in [2.05, 4.69) is 38.9 Å². The minimum absolute atomic E-state index is 0.159. The number of fused-ring (bicyclic) bond motifs is 1. The molecule has 0 radical (unpaired) electrons. The van der Waals surface area contributed by atoms with Crippen LogP contribution in [0.5, 0.6) is 0 Å². The minimum atomic E-state index is 0.159. The van der Waals surface area contributed by atoms with Crippen LogP contribution >= 0.6 is 11.8 Å². The van der Waals surface area contributed by atoms with Crippen LogP contribution in [-0.2, 0) is 4.79 Å². The van der Waals surface area contributed by atoms with Crippen LogP contribution in [0.4, 0.5) is 5.82 Å². The third kappa shape index (κ3) is 4.03. The number of aryl methyl sites for hydroxylation is 1. The molecule has 0 N–H and O–H groups in total. The van der Waals surface area contributed by atoms with Gasteiger partial charge in [-0.2, -0.15) is 0 Å². The summed E-state index contributed by atoms with van der Waals surface area (Å²) in [5, 5.41) is 2.06. The van der Waals surface area contributed by atoms with Gasteiger partial charge < -0.3 is 9.80 Å². The molecule has 1 aliphatic rings.